The number of hydrazone groups is 1. The van der Waals surface area contributed by atoms with Crippen molar-refractivity contribution in [3.05, 3.63) is 59.8 Å². The van der Waals surface area contributed by atoms with Gasteiger partial charge in [0, 0.05) is 6.20 Å². The highest BCUT2D eigenvalue weighted by Gasteiger charge is 2.05. The summed E-state index contributed by atoms with van der Waals surface area (Å²) in [6.07, 6.45) is 3.16. The van der Waals surface area contributed by atoms with Crippen molar-refractivity contribution in [1.29, 1.82) is 0 Å². The largest absolute Gasteiger partial charge is 0.329 e. The van der Waals surface area contributed by atoms with Crippen molar-refractivity contribution in [3.8, 4) is 0 Å². The number of pyridine rings is 1. The van der Waals surface area contributed by atoms with E-state index in [0.717, 1.165) is 11.1 Å². The first-order chi connectivity index (χ1) is 11.1. The lowest BCUT2D eigenvalue weighted by Crippen LogP contribution is -2.37. The number of hydrogen-bond acceptors (Lipinski definition) is 4. The van der Waals surface area contributed by atoms with Gasteiger partial charge in [0.25, 0.3) is 5.91 Å². The highest BCUT2D eigenvalue weighted by molar-refractivity contribution is 5.91. The first-order valence-electron chi connectivity index (χ1n) is 6.98. The third-order valence-corrected chi connectivity index (χ3v) is 2.76. The van der Waals surface area contributed by atoms with Crippen molar-refractivity contribution >= 4 is 24.0 Å². The highest BCUT2D eigenvalue weighted by Crippen LogP contribution is 2.02. The normalized spacial score (nSPS) is 10.3. The molecule has 0 aliphatic rings. The molecular weight excluding hydrogens is 294 g/mol. The average molecular weight is 311 g/mol. The summed E-state index contributed by atoms with van der Waals surface area (Å²) in [7, 11) is 0. The second-order valence-corrected chi connectivity index (χ2v) is 4.73. The van der Waals surface area contributed by atoms with Crippen molar-refractivity contribution in [3.63, 3.8) is 0 Å². The van der Waals surface area contributed by atoms with Crippen LogP contribution in [0.3, 0.4) is 0 Å². The number of anilines is 1. The molecule has 118 valence electrons. The van der Waals surface area contributed by atoms with E-state index in [4.69, 9.17) is 0 Å². The molecule has 0 saturated heterocycles. The molecule has 0 saturated carbocycles. The van der Waals surface area contributed by atoms with Gasteiger partial charge in [-0.05, 0) is 24.1 Å². The predicted octanol–water partition coefficient (Wildman–Crippen LogP) is 1.66. The monoisotopic (exact) mass is 311 g/mol. The topological polar surface area (TPSA) is 95.5 Å². The van der Waals surface area contributed by atoms with Crippen molar-refractivity contribution in [2.24, 2.45) is 5.10 Å². The van der Waals surface area contributed by atoms with Crippen LogP contribution in [-0.4, -0.2) is 29.7 Å². The van der Waals surface area contributed by atoms with Crippen LogP contribution in [0.15, 0.2) is 53.8 Å². The van der Waals surface area contributed by atoms with E-state index in [1.807, 2.05) is 43.3 Å². The number of carbonyl (C=O) groups excluding carboxylic acids is 2. The van der Waals surface area contributed by atoms with Crippen LogP contribution in [-0.2, 0) is 4.79 Å². The van der Waals surface area contributed by atoms with E-state index in [0.29, 0.717) is 5.82 Å². The number of nitrogens with zero attached hydrogens (tertiary/aromatic N) is 2. The molecule has 0 spiro atoms. The molecule has 2 rings (SSSR count). The number of amides is 3. The summed E-state index contributed by atoms with van der Waals surface area (Å²) in [6.45, 7) is 1.71. The van der Waals surface area contributed by atoms with Gasteiger partial charge in [0.05, 0.1) is 6.21 Å². The second kappa shape index (κ2) is 8.28. The zero-order valence-electron chi connectivity index (χ0n) is 12.6. The van der Waals surface area contributed by atoms with Gasteiger partial charge in [0.1, 0.15) is 12.4 Å². The molecule has 2 aromatic rings. The second-order valence-electron chi connectivity index (χ2n) is 4.73. The maximum atomic E-state index is 11.6. The Morgan fingerprint density at radius 3 is 2.65 bits per heavy atom. The quantitative estimate of drug-likeness (QED) is 0.579. The van der Waals surface area contributed by atoms with Gasteiger partial charge in [-0.3, -0.25) is 10.1 Å². The van der Waals surface area contributed by atoms with Crippen LogP contribution in [0.4, 0.5) is 10.6 Å². The van der Waals surface area contributed by atoms with Gasteiger partial charge < -0.3 is 5.32 Å². The molecule has 1 aromatic heterocycles. The molecule has 1 aromatic carbocycles. The molecule has 1 heterocycles. The molecule has 7 heteroatoms. The molecule has 0 unspecified atom stereocenters. The third kappa shape index (κ3) is 5.96. The number of nitrogens with one attached hydrogen (secondary N) is 3. The Bertz CT molecular complexity index is 683. The molecule has 0 aliphatic carbocycles. The summed E-state index contributed by atoms with van der Waals surface area (Å²) < 4.78 is 0. The lowest BCUT2D eigenvalue weighted by Gasteiger charge is -2.06. The number of aromatic nitrogens is 1. The van der Waals surface area contributed by atoms with E-state index in [1.165, 1.54) is 6.21 Å². The van der Waals surface area contributed by atoms with Crippen LogP contribution >= 0.6 is 0 Å². The molecular formula is C16H17N5O2. The molecule has 0 bridgehead atoms. The summed E-state index contributed by atoms with van der Waals surface area (Å²) in [4.78, 5) is 27.2. The van der Waals surface area contributed by atoms with Crippen LogP contribution in [0, 0.1) is 6.92 Å². The lowest BCUT2D eigenvalue weighted by atomic mass is 10.2. The predicted molar refractivity (Wildman–Crippen MR) is 88.2 cm³/mol. The molecule has 3 amide bonds. The van der Waals surface area contributed by atoms with Crippen LogP contribution in [0.5, 0.6) is 0 Å². The molecule has 0 radical (unpaired) electrons. The van der Waals surface area contributed by atoms with Crippen LogP contribution in [0.25, 0.3) is 0 Å². The fraction of sp³-hybridized carbons (Fsp3) is 0.125. The smallest absolute Gasteiger partial charge is 0.320 e. The number of hydrogen-bond donors (Lipinski definition) is 3. The van der Waals surface area contributed by atoms with Crippen LogP contribution < -0.4 is 16.1 Å². The van der Waals surface area contributed by atoms with Crippen LogP contribution in [0.1, 0.15) is 11.1 Å². The molecule has 0 aliphatic heterocycles. The van der Waals surface area contributed by atoms with Gasteiger partial charge >= 0.3 is 6.03 Å². The van der Waals surface area contributed by atoms with Crippen molar-refractivity contribution in [1.82, 2.24) is 15.7 Å². The standard InChI is InChI=1S/C16H17N5O2/c1-12-7-8-14(17-9-12)20-16(23)18-11-15(22)21-19-10-13-5-3-2-4-6-13/h2-10H,11H2,1H3,(H,21,22)(H2,17,18,20,23). The van der Waals surface area contributed by atoms with E-state index in [2.05, 4.69) is 26.1 Å². The van der Waals surface area contributed by atoms with Gasteiger partial charge in [0.2, 0.25) is 0 Å². The molecule has 7 nitrogen and oxygen atoms in total. The van der Waals surface area contributed by atoms with Gasteiger partial charge in [0.15, 0.2) is 0 Å². The Kier molecular flexibility index (Phi) is 5.81. The fourth-order valence-electron chi connectivity index (χ4n) is 1.62. The summed E-state index contributed by atoms with van der Waals surface area (Å²) >= 11 is 0. The molecule has 23 heavy (non-hydrogen) atoms. The fourth-order valence-corrected chi connectivity index (χ4v) is 1.62. The zero-order chi connectivity index (χ0) is 16.5. The molecule has 0 atom stereocenters. The Morgan fingerprint density at radius 2 is 1.96 bits per heavy atom. The number of rotatable bonds is 5. The lowest BCUT2D eigenvalue weighted by molar-refractivity contribution is -0.120. The molecule has 0 fully saturated rings. The minimum Gasteiger partial charge on any atom is -0.329 e. The SMILES string of the molecule is Cc1ccc(NC(=O)NCC(=O)NN=Cc2ccccc2)nc1. The van der Waals surface area contributed by atoms with E-state index in [9.17, 15) is 9.59 Å². The Labute approximate surface area is 133 Å². The van der Waals surface area contributed by atoms with E-state index >= 15 is 0 Å². The summed E-state index contributed by atoms with van der Waals surface area (Å²) in [6, 6.07) is 12.3. The Hall–Kier alpha value is -3.22. The highest BCUT2D eigenvalue weighted by atomic mass is 16.2. The third-order valence-electron chi connectivity index (χ3n) is 2.76. The summed E-state index contributed by atoms with van der Waals surface area (Å²) in [5, 5.41) is 8.75. The van der Waals surface area contributed by atoms with Gasteiger partial charge in [-0.25, -0.2) is 15.2 Å². The van der Waals surface area contributed by atoms with Crippen molar-refractivity contribution in [2.45, 2.75) is 6.92 Å². The number of aryl methyl sites for hydroxylation is 1. The van der Waals surface area contributed by atoms with Gasteiger partial charge in [-0.15, -0.1) is 0 Å². The Morgan fingerprint density at radius 1 is 1.17 bits per heavy atom. The number of urea groups is 1. The average Bonchev–Trinajstić information content (AvgIpc) is 2.56. The van der Waals surface area contributed by atoms with Gasteiger partial charge in [-0.2, -0.15) is 5.10 Å². The first-order valence-corrected chi connectivity index (χ1v) is 6.98. The Balaban J connectivity index is 1.70. The van der Waals surface area contributed by atoms with Gasteiger partial charge in [-0.1, -0.05) is 36.4 Å². The number of carbonyl (C=O) groups is 2. The zero-order valence-corrected chi connectivity index (χ0v) is 12.6. The van der Waals surface area contributed by atoms with E-state index in [-0.39, 0.29) is 6.54 Å². The van der Waals surface area contributed by atoms with Crippen LogP contribution in [0.2, 0.25) is 0 Å². The minimum absolute atomic E-state index is 0.191. The maximum Gasteiger partial charge on any atom is 0.320 e. The first kappa shape index (κ1) is 16.2. The minimum atomic E-state index is -0.511. The van der Waals surface area contributed by atoms with Crippen molar-refractivity contribution in [2.75, 3.05) is 11.9 Å². The maximum absolute atomic E-state index is 11.6. The van der Waals surface area contributed by atoms with E-state index < -0.39 is 11.9 Å². The van der Waals surface area contributed by atoms with Crippen molar-refractivity contribution < 1.29 is 9.59 Å². The summed E-state index contributed by atoms with van der Waals surface area (Å²) in [5.74, 6) is -0.0141. The summed E-state index contributed by atoms with van der Waals surface area (Å²) in [5.41, 5.74) is 4.19. The number of benzene rings is 1. The van der Waals surface area contributed by atoms with E-state index in [1.54, 1.807) is 12.3 Å². The molecule has 3 N–H and O–H groups in total.